The number of ether oxygens (including phenoxy) is 1. The third kappa shape index (κ3) is 1.24. The largest absolute Gasteiger partial charge is 0.489 e. The van der Waals surface area contributed by atoms with E-state index in [0.717, 1.165) is 18.0 Å². The molecule has 0 aliphatic carbocycles. The Bertz CT molecular complexity index is 296. The standard InChI is InChI=1S/C10H13NO/c1-7-3-4-9-10(5-7)12-6-8(2)11-9/h3-5,8,11H,6H2,1-2H3. The average molecular weight is 163 g/mol. The lowest BCUT2D eigenvalue weighted by Crippen LogP contribution is -2.28. The summed E-state index contributed by atoms with van der Waals surface area (Å²) in [5.41, 5.74) is 2.35. The van der Waals surface area contributed by atoms with Crippen molar-refractivity contribution in [2.24, 2.45) is 0 Å². The van der Waals surface area contributed by atoms with E-state index < -0.39 is 0 Å². The minimum Gasteiger partial charge on any atom is -0.489 e. The zero-order chi connectivity index (χ0) is 8.55. The third-order valence-electron chi connectivity index (χ3n) is 2.03. The van der Waals surface area contributed by atoms with Crippen LogP contribution in [0.4, 0.5) is 5.69 Å². The summed E-state index contributed by atoms with van der Waals surface area (Å²) >= 11 is 0. The molecule has 0 amide bonds. The van der Waals surface area contributed by atoms with Gasteiger partial charge in [-0.25, -0.2) is 0 Å². The van der Waals surface area contributed by atoms with Crippen molar-refractivity contribution in [3.63, 3.8) is 0 Å². The van der Waals surface area contributed by atoms with Crippen LogP contribution in [0, 0.1) is 6.92 Å². The van der Waals surface area contributed by atoms with Crippen LogP contribution in [0.25, 0.3) is 0 Å². The molecular formula is C10H13NO. The molecule has 1 aromatic carbocycles. The highest BCUT2D eigenvalue weighted by Gasteiger charge is 2.13. The molecule has 0 radical (unpaired) electrons. The van der Waals surface area contributed by atoms with Crippen LogP contribution in [0.3, 0.4) is 0 Å². The SMILES string of the molecule is Cc1ccc2c(c1)OCC(C)N2. The predicted molar refractivity (Wildman–Crippen MR) is 49.8 cm³/mol. The summed E-state index contributed by atoms with van der Waals surface area (Å²) in [5.74, 6) is 0.980. The minimum atomic E-state index is 0.417. The van der Waals surface area contributed by atoms with Crippen LogP contribution in [0.2, 0.25) is 0 Å². The summed E-state index contributed by atoms with van der Waals surface area (Å²) in [4.78, 5) is 0. The second-order valence-electron chi connectivity index (χ2n) is 3.36. The molecule has 0 saturated carbocycles. The molecule has 1 atom stereocenters. The summed E-state index contributed by atoms with van der Waals surface area (Å²) < 4.78 is 5.55. The molecular weight excluding hydrogens is 150 g/mol. The summed E-state index contributed by atoms with van der Waals surface area (Å²) in [6, 6.07) is 6.64. The Morgan fingerprint density at radius 2 is 2.33 bits per heavy atom. The van der Waals surface area contributed by atoms with Crippen LogP contribution in [0.15, 0.2) is 18.2 Å². The van der Waals surface area contributed by atoms with Crippen molar-refractivity contribution in [1.29, 1.82) is 0 Å². The lowest BCUT2D eigenvalue weighted by Gasteiger charge is -2.24. The fourth-order valence-electron chi connectivity index (χ4n) is 1.39. The predicted octanol–water partition coefficient (Wildman–Crippen LogP) is 2.19. The van der Waals surface area contributed by atoms with E-state index in [1.165, 1.54) is 5.56 Å². The first-order valence-electron chi connectivity index (χ1n) is 4.26. The van der Waals surface area contributed by atoms with E-state index in [0.29, 0.717) is 6.04 Å². The Labute approximate surface area is 72.5 Å². The summed E-state index contributed by atoms with van der Waals surface area (Å²) in [6.45, 7) is 4.95. The second-order valence-corrected chi connectivity index (χ2v) is 3.36. The van der Waals surface area contributed by atoms with E-state index in [1.54, 1.807) is 0 Å². The van der Waals surface area contributed by atoms with Crippen LogP contribution in [-0.2, 0) is 0 Å². The van der Waals surface area contributed by atoms with Gasteiger partial charge >= 0.3 is 0 Å². The van der Waals surface area contributed by atoms with Gasteiger partial charge in [0.1, 0.15) is 12.4 Å². The van der Waals surface area contributed by atoms with Crippen LogP contribution in [0.1, 0.15) is 12.5 Å². The van der Waals surface area contributed by atoms with E-state index in [1.807, 2.05) is 0 Å². The van der Waals surface area contributed by atoms with Crippen LogP contribution < -0.4 is 10.1 Å². The molecule has 1 aliphatic rings. The van der Waals surface area contributed by atoms with Gasteiger partial charge in [0.2, 0.25) is 0 Å². The van der Waals surface area contributed by atoms with Gasteiger partial charge < -0.3 is 10.1 Å². The lowest BCUT2D eigenvalue weighted by atomic mass is 10.1. The van der Waals surface area contributed by atoms with Gasteiger partial charge in [-0.2, -0.15) is 0 Å². The smallest absolute Gasteiger partial charge is 0.142 e. The number of rotatable bonds is 0. The molecule has 0 bridgehead atoms. The molecule has 2 rings (SSSR count). The fraction of sp³-hybridized carbons (Fsp3) is 0.400. The van der Waals surface area contributed by atoms with Gasteiger partial charge in [-0.15, -0.1) is 0 Å². The fourth-order valence-corrected chi connectivity index (χ4v) is 1.39. The molecule has 64 valence electrons. The number of hydrogen-bond acceptors (Lipinski definition) is 2. The van der Waals surface area contributed by atoms with Crippen molar-refractivity contribution in [2.75, 3.05) is 11.9 Å². The first-order chi connectivity index (χ1) is 5.75. The van der Waals surface area contributed by atoms with Gasteiger partial charge in [0, 0.05) is 0 Å². The molecule has 2 nitrogen and oxygen atoms in total. The van der Waals surface area contributed by atoms with Crippen LogP contribution in [0.5, 0.6) is 5.75 Å². The highest BCUT2D eigenvalue weighted by Crippen LogP contribution is 2.29. The molecule has 1 N–H and O–H groups in total. The molecule has 12 heavy (non-hydrogen) atoms. The summed E-state index contributed by atoms with van der Waals surface area (Å²) in [6.07, 6.45) is 0. The first-order valence-corrected chi connectivity index (χ1v) is 4.26. The molecule has 1 aromatic rings. The van der Waals surface area contributed by atoms with Gasteiger partial charge in [-0.3, -0.25) is 0 Å². The minimum absolute atomic E-state index is 0.417. The number of fused-ring (bicyclic) bond motifs is 1. The Balaban J connectivity index is 2.37. The topological polar surface area (TPSA) is 21.3 Å². The second kappa shape index (κ2) is 2.70. The van der Waals surface area contributed by atoms with Crippen LogP contribution >= 0.6 is 0 Å². The van der Waals surface area contributed by atoms with Gasteiger partial charge in [-0.05, 0) is 31.5 Å². The lowest BCUT2D eigenvalue weighted by molar-refractivity contribution is 0.291. The van der Waals surface area contributed by atoms with Crippen molar-refractivity contribution in [1.82, 2.24) is 0 Å². The Hall–Kier alpha value is -1.18. The van der Waals surface area contributed by atoms with Gasteiger partial charge in [0.05, 0.1) is 11.7 Å². The molecule has 0 saturated heterocycles. The van der Waals surface area contributed by atoms with Gasteiger partial charge in [0.25, 0.3) is 0 Å². The summed E-state index contributed by atoms with van der Waals surface area (Å²) in [5, 5.41) is 3.36. The maximum absolute atomic E-state index is 5.55. The van der Waals surface area contributed by atoms with Gasteiger partial charge in [-0.1, -0.05) is 6.07 Å². The number of anilines is 1. The Morgan fingerprint density at radius 1 is 1.50 bits per heavy atom. The summed E-state index contributed by atoms with van der Waals surface area (Å²) in [7, 11) is 0. The van der Waals surface area contributed by atoms with Crippen LogP contribution in [-0.4, -0.2) is 12.6 Å². The maximum atomic E-state index is 5.55. The average Bonchev–Trinajstić information content (AvgIpc) is 2.05. The van der Waals surface area contributed by atoms with Crippen molar-refractivity contribution >= 4 is 5.69 Å². The van der Waals surface area contributed by atoms with E-state index in [4.69, 9.17) is 4.74 Å². The van der Waals surface area contributed by atoms with E-state index >= 15 is 0 Å². The Kier molecular flexibility index (Phi) is 1.68. The normalized spacial score (nSPS) is 20.7. The molecule has 0 fully saturated rings. The molecule has 2 heteroatoms. The highest BCUT2D eigenvalue weighted by atomic mass is 16.5. The maximum Gasteiger partial charge on any atom is 0.142 e. The quantitative estimate of drug-likeness (QED) is 0.633. The van der Waals surface area contributed by atoms with Crippen molar-refractivity contribution in [3.8, 4) is 5.75 Å². The highest BCUT2D eigenvalue weighted by molar-refractivity contribution is 5.59. The number of benzene rings is 1. The molecule has 0 aromatic heterocycles. The van der Waals surface area contributed by atoms with Crippen molar-refractivity contribution < 1.29 is 4.74 Å². The number of aryl methyl sites for hydroxylation is 1. The van der Waals surface area contributed by atoms with Crippen molar-refractivity contribution in [2.45, 2.75) is 19.9 Å². The van der Waals surface area contributed by atoms with Crippen molar-refractivity contribution in [3.05, 3.63) is 23.8 Å². The zero-order valence-electron chi connectivity index (χ0n) is 7.42. The zero-order valence-corrected chi connectivity index (χ0v) is 7.42. The van der Waals surface area contributed by atoms with E-state index in [-0.39, 0.29) is 0 Å². The number of hydrogen-bond donors (Lipinski definition) is 1. The van der Waals surface area contributed by atoms with E-state index in [2.05, 4.69) is 37.4 Å². The van der Waals surface area contributed by atoms with E-state index in [9.17, 15) is 0 Å². The molecule has 1 unspecified atom stereocenters. The molecule has 1 aliphatic heterocycles. The molecule has 1 heterocycles. The monoisotopic (exact) mass is 163 g/mol. The van der Waals surface area contributed by atoms with Gasteiger partial charge in [0.15, 0.2) is 0 Å². The third-order valence-corrected chi connectivity index (χ3v) is 2.03. The first kappa shape index (κ1) is 7.47. The molecule has 0 spiro atoms. The Morgan fingerprint density at radius 3 is 3.17 bits per heavy atom. The number of nitrogens with one attached hydrogen (secondary N) is 1.